The van der Waals surface area contributed by atoms with Crippen molar-refractivity contribution in [2.75, 3.05) is 6.73 Å². The second kappa shape index (κ2) is 9.68. The molecule has 148 valence electrons. The zero-order chi connectivity index (χ0) is 20.0. The average molecular weight is 418 g/mol. The lowest BCUT2D eigenvalue weighted by Crippen LogP contribution is -2.40. The number of carboxylic acids is 1. The van der Waals surface area contributed by atoms with Crippen molar-refractivity contribution in [3.05, 3.63) is 39.8 Å². The van der Waals surface area contributed by atoms with Crippen molar-refractivity contribution in [2.24, 2.45) is 17.5 Å². The summed E-state index contributed by atoms with van der Waals surface area (Å²) >= 11 is 11.7. The molecule has 1 aliphatic carbocycles. The van der Waals surface area contributed by atoms with Crippen LogP contribution in [0.4, 0.5) is 0 Å². The van der Waals surface area contributed by atoms with Crippen molar-refractivity contribution < 1.29 is 24.2 Å². The second-order valence-corrected chi connectivity index (χ2v) is 6.91. The summed E-state index contributed by atoms with van der Waals surface area (Å²) in [5, 5.41) is 10.6. The van der Waals surface area contributed by atoms with E-state index in [2.05, 4.69) is 0 Å². The summed E-state index contributed by atoms with van der Waals surface area (Å²) in [5.41, 5.74) is 5.17. The van der Waals surface area contributed by atoms with Crippen molar-refractivity contribution in [1.82, 2.24) is 5.01 Å². The van der Waals surface area contributed by atoms with E-state index in [0.29, 0.717) is 10.0 Å². The van der Waals surface area contributed by atoms with Gasteiger partial charge >= 0.3 is 11.9 Å². The summed E-state index contributed by atoms with van der Waals surface area (Å²) in [7, 11) is 0. The molecular weight excluding hydrogens is 397 g/mol. The van der Waals surface area contributed by atoms with Crippen LogP contribution in [0.2, 0.25) is 10.0 Å². The molecule has 0 bridgehead atoms. The van der Waals surface area contributed by atoms with Gasteiger partial charge in [0.2, 0.25) is 11.6 Å². The zero-order valence-electron chi connectivity index (χ0n) is 14.5. The number of hydrogen-bond donors (Lipinski definition) is 3. The van der Waals surface area contributed by atoms with Crippen LogP contribution in [0.25, 0.3) is 0 Å². The Morgan fingerprint density at radius 1 is 1.19 bits per heavy atom. The monoisotopic (exact) mass is 417 g/mol. The third kappa shape index (κ3) is 5.92. The van der Waals surface area contributed by atoms with Gasteiger partial charge in [-0.3, -0.25) is 9.80 Å². The minimum Gasteiger partial charge on any atom is -0.476 e. The number of carbonyl (C=O) groups is 2. The maximum absolute atomic E-state index is 12.1. The van der Waals surface area contributed by atoms with Crippen molar-refractivity contribution in [3.63, 3.8) is 0 Å². The molecule has 8 nitrogen and oxygen atoms in total. The third-order valence-corrected chi connectivity index (χ3v) is 4.87. The molecule has 0 radical (unpaired) electrons. The van der Waals surface area contributed by atoms with Gasteiger partial charge in [0.15, 0.2) is 6.73 Å². The Morgan fingerprint density at radius 2 is 1.85 bits per heavy atom. The molecule has 27 heavy (non-hydrogen) atoms. The minimum absolute atomic E-state index is 0.174. The molecule has 0 aliphatic heterocycles. The van der Waals surface area contributed by atoms with Crippen LogP contribution >= 0.6 is 23.2 Å². The van der Waals surface area contributed by atoms with Crippen LogP contribution in [0, 0.1) is 5.92 Å². The van der Waals surface area contributed by atoms with E-state index in [1.165, 1.54) is 18.2 Å². The fraction of sp³-hybridized carbons (Fsp3) is 0.412. The lowest BCUT2D eigenvalue weighted by atomic mass is 9.89. The topological polar surface area (TPSA) is 128 Å². The molecule has 1 saturated carbocycles. The van der Waals surface area contributed by atoms with Crippen LogP contribution in [-0.4, -0.2) is 28.8 Å². The largest absolute Gasteiger partial charge is 0.476 e. The van der Waals surface area contributed by atoms with Crippen LogP contribution < -0.4 is 16.3 Å². The third-order valence-electron chi connectivity index (χ3n) is 4.13. The van der Waals surface area contributed by atoms with E-state index < -0.39 is 30.2 Å². The second-order valence-electron chi connectivity index (χ2n) is 6.09. The van der Waals surface area contributed by atoms with E-state index in [4.69, 9.17) is 44.3 Å². The van der Waals surface area contributed by atoms with Crippen molar-refractivity contribution in [2.45, 2.75) is 32.1 Å². The first-order valence-electron chi connectivity index (χ1n) is 8.34. The predicted octanol–water partition coefficient (Wildman–Crippen LogP) is 2.84. The molecule has 0 aromatic heterocycles. The average Bonchev–Trinajstić information content (AvgIpc) is 2.63. The van der Waals surface area contributed by atoms with Gasteiger partial charge in [0, 0.05) is 6.07 Å². The summed E-state index contributed by atoms with van der Waals surface area (Å²) < 4.78 is 10.4. The predicted molar refractivity (Wildman–Crippen MR) is 99.5 cm³/mol. The maximum Gasteiger partial charge on any atom is 0.359 e. The standard InChI is InChI=1S/C17H21Cl2N3O5/c18-12-7-6-11(8-13(12)19)27-15(20)14(16(23)24)22(21)9-26-17(25)10-4-2-1-3-5-10/h6-8,10H,1-5,9,20-21H2,(H,23,24)/b15-14+. The molecule has 0 heterocycles. The van der Waals surface area contributed by atoms with Gasteiger partial charge in [0.1, 0.15) is 5.75 Å². The molecule has 1 aliphatic rings. The van der Waals surface area contributed by atoms with Crippen LogP contribution in [0.3, 0.4) is 0 Å². The SMILES string of the molecule is N/C(Oc1ccc(Cl)c(Cl)c1)=C(/C(=O)O)N(N)COC(=O)C1CCCCC1. The Hall–Kier alpha value is -2.16. The number of nitrogens with zero attached hydrogens (tertiary/aromatic N) is 1. The molecule has 1 fully saturated rings. The Labute approximate surface area is 166 Å². The molecule has 0 atom stereocenters. The van der Waals surface area contributed by atoms with E-state index in [1.807, 2.05) is 0 Å². The lowest BCUT2D eigenvalue weighted by Gasteiger charge is -2.23. The van der Waals surface area contributed by atoms with Gasteiger partial charge in [-0.15, -0.1) is 0 Å². The van der Waals surface area contributed by atoms with Gasteiger partial charge in [-0.05, 0) is 25.0 Å². The Morgan fingerprint density at radius 3 is 2.44 bits per heavy atom. The molecular formula is C17H21Cl2N3O5. The quantitative estimate of drug-likeness (QED) is 0.154. The van der Waals surface area contributed by atoms with Crippen molar-refractivity contribution in [3.8, 4) is 5.75 Å². The Kier molecular flexibility index (Phi) is 7.58. The van der Waals surface area contributed by atoms with E-state index in [9.17, 15) is 14.7 Å². The summed E-state index contributed by atoms with van der Waals surface area (Å²) in [6, 6.07) is 4.31. The summed E-state index contributed by atoms with van der Waals surface area (Å²) in [5.74, 6) is 3.37. The number of carbonyl (C=O) groups excluding carboxylic acids is 1. The number of carboxylic acid groups (broad SMARTS) is 1. The van der Waals surface area contributed by atoms with Gasteiger partial charge < -0.3 is 20.3 Å². The van der Waals surface area contributed by atoms with Gasteiger partial charge in [-0.25, -0.2) is 10.6 Å². The van der Waals surface area contributed by atoms with Crippen LogP contribution in [0.5, 0.6) is 5.75 Å². The van der Waals surface area contributed by atoms with E-state index >= 15 is 0 Å². The highest BCUT2D eigenvalue weighted by atomic mass is 35.5. The molecule has 2 rings (SSSR count). The first-order valence-corrected chi connectivity index (χ1v) is 9.10. The van der Waals surface area contributed by atoms with Crippen LogP contribution in [0.15, 0.2) is 29.8 Å². The fourth-order valence-electron chi connectivity index (χ4n) is 2.74. The highest BCUT2D eigenvalue weighted by Crippen LogP contribution is 2.27. The normalized spacial score (nSPS) is 15.7. The number of aliphatic carboxylic acids is 1. The molecule has 1 aromatic carbocycles. The van der Waals surface area contributed by atoms with Gasteiger partial charge in [-0.2, -0.15) is 0 Å². The molecule has 0 unspecified atom stereocenters. The lowest BCUT2D eigenvalue weighted by molar-refractivity contribution is -0.155. The van der Waals surface area contributed by atoms with Crippen molar-refractivity contribution >= 4 is 35.1 Å². The Bertz CT molecular complexity index is 735. The molecule has 0 amide bonds. The summed E-state index contributed by atoms with van der Waals surface area (Å²) in [6.45, 7) is -0.470. The minimum atomic E-state index is -1.44. The summed E-state index contributed by atoms with van der Waals surface area (Å²) in [6.07, 6.45) is 4.55. The number of halogens is 2. The highest BCUT2D eigenvalue weighted by Gasteiger charge is 2.25. The van der Waals surface area contributed by atoms with Crippen molar-refractivity contribution in [1.29, 1.82) is 0 Å². The number of esters is 1. The molecule has 0 saturated heterocycles. The Balaban J connectivity index is 2.04. The number of benzene rings is 1. The highest BCUT2D eigenvalue weighted by molar-refractivity contribution is 6.42. The van der Waals surface area contributed by atoms with Crippen LogP contribution in [0.1, 0.15) is 32.1 Å². The zero-order valence-corrected chi connectivity index (χ0v) is 16.0. The van der Waals surface area contributed by atoms with Gasteiger partial charge in [-0.1, -0.05) is 42.5 Å². The van der Waals surface area contributed by atoms with E-state index in [0.717, 1.165) is 32.1 Å². The summed E-state index contributed by atoms with van der Waals surface area (Å²) in [4.78, 5) is 23.6. The number of nitrogens with two attached hydrogens (primary N) is 2. The van der Waals surface area contributed by atoms with Gasteiger partial charge in [0.05, 0.1) is 16.0 Å². The maximum atomic E-state index is 12.1. The molecule has 0 spiro atoms. The first-order chi connectivity index (χ1) is 12.8. The molecule has 5 N–H and O–H groups in total. The van der Waals surface area contributed by atoms with Gasteiger partial charge in [0.25, 0.3) is 0 Å². The number of rotatable bonds is 7. The number of ether oxygens (including phenoxy) is 2. The molecule has 10 heteroatoms. The van der Waals surface area contributed by atoms with Crippen LogP contribution in [-0.2, 0) is 14.3 Å². The first kappa shape index (κ1) is 21.1. The fourth-order valence-corrected chi connectivity index (χ4v) is 3.03. The number of hydrazine groups is 1. The van der Waals surface area contributed by atoms with E-state index in [-0.39, 0.29) is 16.7 Å². The molecule has 1 aromatic rings. The number of hydrogen-bond acceptors (Lipinski definition) is 7. The smallest absolute Gasteiger partial charge is 0.359 e. The van der Waals surface area contributed by atoms with E-state index in [1.54, 1.807) is 0 Å².